The van der Waals surface area contributed by atoms with Crippen molar-refractivity contribution in [1.29, 1.82) is 0 Å². The molecule has 2 aromatic carbocycles. The van der Waals surface area contributed by atoms with Crippen molar-refractivity contribution in [3.05, 3.63) is 70.1 Å². The molecule has 0 saturated carbocycles. The van der Waals surface area contributed by atoms with E-state index in [1.54, 1.807) is 18.2 Å². The standard InChI is InChI=1S/C25H27NO6/c1-5-16(4)26-24(28)21-12-18-9-10-20(13-22(18)32-25(21)29)31-23(27)14-30-19-8-6-7-17(11-19)15(2)3/h6-13,15-16H,5,14H2,1-4H3,(H,26,28). The van der Waals surface area contributed by atoms with E-state index >= 15 is 0 Å². The molecule has 1 heterocycles. The predicted octanol–water partition coefficient (Wildman–Crippen LogP) is 4.43. The SMILES string of the molecule is CCC(C)NC(=O)c1cc2ccc(OC(=O)COc3cccc(C(C)C)c3)cc2oc1=O. The molecule has 0 spiro atoms. The van der Waals surface area contributed by atoms with Crippen LogP contribution in [0.2, 0.25) is 0 Å². The number of nitrogens with one attached hydrogen (secondary N) is 1. The van der Waals surface area contributed by atoms with Gasteiger partial charge in [0.1, 0.15) is 22.6 Å². The van der Waals surface area contributed by atoms with Gasteiger partial charge in [0.15, 0.2) is 6.61 Å². The maximum absolute atomic E-state index is 12.3. The molecule has 0 fully saturated rings. The molecular formula is C25H27NO6. The van der Waals surface area contributed by atoms with Crippen molar-refractivity contribution in [2.24, 2.45) is 0 Å². The summed E-state index contributed by atoms with van der Waals surface area (Å²) in [6, 6.07) is 13.6. The normalized spacial score (nSPS) is 11.9. The molecule has 1 unspecified atom stereocenters. The molecule has 0 bridgehead atoms. The largest absolute Gasteiger partial charge is 0.482 e. The van der Waals surface area contributed by atoms with Gasteiger partial charge in [-0.2, -0.15) is 0 Å². The van der Waals surface area contributed by atoms with E-state index in [0.717, 1.165) is 12.0 Å². The summed E-state index contributed by atoms with van der Waals surface area (Å²) in [5.41, 5.74) is 0.498. The summed E-state index contributed by atoms with van der Waals surface area (Å²) in [6.45, 7) is 7.67. The van der Waals surface area contributed by atoms with Crippen LogP contribution in [0.3, 0.4) is 0 Å². The average molecular weight is 437 g/mol. The first-order chi connectivity index (χ1) is 15.3. The fourth-order valence-corrected chi connectivity index (χ4v) is 2.98. The third kappa shape index (κ3) is 5.75. The Bertz CT molecular complexity index is 1180. The Morgan fingerprint density at radius 2 is 1.81 bits per heavy atom. The maximum atomic E-state index is 12.3. The quantitative estimate of drug-likeness (QED) is 0.318. The lowest BCUT2D eigenvalue weighted by Crippen LogP contribution is -2.34. The van der Waals surface area contributed by atoms with Crippen LogP contribution in [0.25, 0.3) is 11.0 Å². The van der Waals surface area contributed by atoms with Crippen molar-refractivity contribution in [1.82, 2.24) is 5.32 Å². The van der Waals surface area contributed by atoms with E-state index in [-0.39, 0.29) is 29.5 Å². The van der Waals surface area contributed by atoms with Crippen molar-refractivity contribution in [3.63, 3.8) is 0 Å². The fourth-order valence-electron chi connectivity index (χ4n) is 2.98. The van der Waals surface area contributed by atoms with Crippen LogP contribution in [0.1, 0.15) is 56.0 Å². The van der Waals surface area contributed by atoms with Gasteiger partial charge in [0, 0.05) is 17.5 Å². The minimum absolute atomic E-state index is 0.0607. The second-order valence-electron chi connectivity index (χ2n) is 7.92. The zero-order chi connectivity index (χ0) is 23.3. The van der Waals surface area contributed by atoms with Crippen molar-refractivity contribution < 1.29 is 23.5 Å². The Kier molecular flexibility index (Phi) is 7.30. The number of amides is 1. The predicted molar refractivity (Wildman–Crippen MR) is 121 cm³/mol. The van der Waals surface area contributed by atoms with Crippen molar-refractivity contribution in [2.45, 2.75) is 46.1 Å². The molecule has 168 valence electrons. The summed E-state index contributed by atoms with van der Waals surface area (Å²) in [6.07, 6.45) is 0.742. The molecule has 0 saturated heterocycles. The van der Waals surface area contributed by atoms with Gasteiger partial charge in [-0.05, 0) is 55.2 Å². The fraction of sp³-hybridized carbons (Fsp3) is 0.320. The lowest BCUT2D eigenvalue weighted by atomic mass is 10.0. The van der Waals surface area contributed by atoms with Crippen LogP contribution in [0.15, 0.2) is 57.7 Å². The van der Waals surface area contributed by atoms with Gasteiger partial charge in [-0.15, -0.1) is 0 Å². The van der Waals surface area contributed by atoms with Gasteiger partial charge in [-0.3, -0.25) is 4.79 Å². The first-order valence-electron chi connectivity index (χ1n) is 10.6. The second kappa shape index (κ2) is 10.1. The molecule has 1 atom stereocenters. The first-order valence-corrected chi connectivity index (χ1v) is 10.6. The van der Waals surface area contributed by atoms with E-state index < -0.39 is 17.5 Å². The van der Waals surface area contributed by atoms with E-state index in [9.17, 15) is 14.4 Å². The van der Waals surface area contributed by atoms with Gasteiger partial charge in [-0.25, -0.2) is 9.59 Å². The number of esters is 1. The number of rotatable bonds is 8. The zero-order valence-electron chi connectivity index (χ0n) is 18.6. The van der Waals surface area contributed by atoms with Crippen LogP contribution >= 0.6 is 0 Å². The number of benzene rings is 2. The van der Waals surface area contributed by atoms with Crippen molar-refractivity contribution in [3.8, 4) is 11.5 Å². The molecule has 3 rings (SSSR count). The van der Waals surface area contributed by atoms with E-state index in [2.05, 4.69) is 19.2 Å². The number of hydrogen-bond donors (Lipinski definition) is 1. The Morgan fingerprint density at radius 3 is 2.53 bits per heavy atom. The van der Waals surface area contributed by atoms with Gasteiger partial charge >= 0.3 is 11.6 Å². The number of carbonyl (C=O) groups is 2. The van der Waals surface area contributed by atoms with Gasteiger partial charge in [0.25, 0.3) is 5.91 Å². The van der Waals surface area contributed by atoms with Crippen LogP contribution < -0.4 is 20.4 Å². The van der Waals surface area contributed by atoms with Gasteiger partial charge in [-0.1, -0.05) is 32.9 Å². The lowest BCUT2D eigenvalue weighted by molar-refractivity contribution is -0.136. The second-order valence-corrected chi connectivity index (χ2v) is 7.92. The highest BCUT2D eigenvalue weighted by Gasteiger charge is 2.16. The number of hydrogen-bond acceptors (Lipinski definition) is 6. The molecule has 0 aliphatic heterocycles. The molecule has 0 aliphatic carbocycles. The average Bonchev–Trinajstić information content (AvgIpc) is 2.77. The first kappa shape index (κ1) is 23.1. The lowest BCUT2D eigenvalue weighted by Gasteiger charge is -2.11. The molecule has 0 radical (unpaired) electrons. The molecule has 7 heteroatoms. The summed E-state index contributed by atoms with van der Waals surface area (Å²) in [4.78, 5) is 36.7. The van der Waals surface area contributed by atoms with Gasteiger partial charge < -0.3 is 19.2 Å². The van der Waals surface area contributed by atoms with Crippen LogP contribution in [-0.4, -0.2) is 24.5 Å². The Hall–Kier alpha value is -3.61. The molecule has 7 nitrogen and oxygen atoms in total. The Labute approximate surface area is 186 Å². The van der Waals surface area contributed by atoms with E-state index in [0.29, 0.717) is 17.1 Å². The summed E-state index contributed by atoms with van der Waals surface area (Å²) in [5.74, 6) is 0.0672. The molecular weight excluding hydrogens is 410 g/mol. The van der Waals surface area contributed by atoms with E-state index in [1.807, 2.05) is 32.0 Å². The highest BCUT2D eigenvalue weighted by atomic mass is 16.6. The van der Waals surface area contributed by atoms with Crippen LogP contribution in [0.5, 0.6) is 11.5 Å². The topological polar surface area (TPSA) is 94.8 Å². The third-order valence-electron chi connectivity index (χ3n) is 5.06. The molecule has 1 N–H and O–H groups in total. The van der Waals surface area contributed by atoms with E-state index in [4.69, 9.17) is 13.9 Å². The maximum Gasteiger partial charge on any atom is 0.349 e. The molecule has 1 amide bonds. The minimum Gasteiger partial charge on any atom is -0.482 e. The molecule has 1 aromatic heterocycles. The van der Waals surface area contributed by atoms with Crippen LogP contribution in [0.4, 0.5) is 0 Å². The van der Waals surface area contributed by atoms with Crippen molar-refractivity contribution >= 4 is 22.8 Å². The summed E-state index contributed by atoms with van der Waals surface area (Å²) >= 11 is 0. The zero-order valence-corrected chi connectivity index (χ0v) is 18.6. The highest BCUT2D eigenvalue weighted by Crippen LogP contribution is 2.22. The van der Waals surface area contributed by atoms with Gasteiger partial charge in [0.05, 0.1) is 0 Å². The van der Waals surface area contributed by atoms with Gasteiger partial charge in [0.2, 0.25) is 0 Å². The number of ether oxygens (including phenoxy) is 2. The van der Waals surface area contributed by atoms with E-state index in [1.165, 1.54) is 12.1 Å². The Morgan fingerprint density at radius 1 is 1.03 bits per heavy atom. The molecule has 32 heavy (non-hydrogen) atoms. The van der Waals surface area contributed by atoms with Crippen molar-refractivity contribution in [2.75, 3.05) is 6.61 Å². The van der Waals surface area contributed by atoms with Crippen LogP contribution in [0, 0.1) is 0 Å². The third-order valence-corrected chi connectivity index (χ3v) is 5.06. The minimum atomic E-state index is -0.754. The summed E-state index contributed by atoms with van der Waals surface area (Å²) in [5, 5.41) is 3.29. The molecule has 0 aliphatic rings. The smallest absolute Gasteiger partial charge is 0.349 e. The number of carbonyl (C=O) groups excluding carboxylic acids is 2. The summed E-state index contributed by atoms with van der Waals surface area (Å²) in [7, 11) is 0. The highest BCUT2D eigenvalue weighted by molar-refractivity contribution is 5.97. The summed E-state index contributed by atoms with van der Waals surface area (Å²) < 4.78 is 16.1. The van der Waals surface area contributed by atoms with Crippen LogP contribution in [-0.2, 0) is 4.79 Å². The Balaban J connectivity index is 1.68. The monoisotopic (exact) mass is 437 g/mol. The number of fused-ring (bicyclic) bond motifs is 1. The molecule has 3 aromatic rings.